The molecule has 0 saturated heterocycles. The van der Waals surface area contributed by atoms with E-state index in [4.69, 9.17) is 16.7 Å². The first-order chi connectivity index (χ1) is 8.56. The standard InChI is InChI=1S/C12H15ClN2O3/c13-10-7-9(15(17)18)1-2-11(10)14-8-12(3-4-12)5-6-16/h1-2,7,14,16H,3-6,8H2. The normalized spacial score (nSPS) is 16.3. The molecule has 0 aromatic heterocycles. The molecule has 0 radical (unpaired) electrons. The number of nitrogens with zero attached hydrogens (tertiary/aromatic N) is 1. The maximum atomic E-state index is 10.6. The van der Waals surface area contributed by atoms with Gasteiger partial charge in [0.25, 0.3) is 5.69 Å². The van der Waals surface area contributed by atoms with E-state index in [0.717, 1.165) is 25.8 Å². The molecular weight excluding hydrogens is 256 g/mol. The Morgan fingerprint density at radius 3 is 2.72 bits per heavy atom. The van der Waals surface area contributed by atoms with Gasteiger partial charge >= 0.3 is 0 Å². The first-order valence-electron chi connectivity index (χ1n) is 5.85. The Bertz CT molecular complexity index is 461. The van der Waals surface area contributed by atoms with E-state index in [9.17, 15) is 10.1 Å². The highest BCUT2D eigenvalue weighted by Crippen LogP contribution is 2.48. The highest BCUT2D eigenvalue weighted by molar-refractivity contribution is 6.33. The van der Waals surface area contributed by atoms with Crippen molar-refractivity contribution in [3.63, 3.8) is 0 Å². The first-order valence-corrected chi connectivity index (χ1v) is 6.23. The topological polar surface area (TPSA) is 75.4 Å². The molecule has 1 aliphatic rings. The van der Waals surface area contributed by atoms with Crippen LogP contribution in [0.4, 0.5) is 11.4 Å². The largest absolute Gasteiger partial charge is 0.396 e. The highest BCUT2D eigenvalue weighted by atomic mass is 35.5. The third-order valence-corrected chi connectivity index (χ3v) is 3.73. The fraction of sp³-hybridized carbons (Fsp3) is 0.500. The quantitative estimate of drug-likeness (QED) is 0.616. The predicted octanol–water partition coefficient (Wildman–Crippen LogP) is 2.82. The van der Waals surface area contributed by atoms with Crippen molar-refractivity contribution in [1.82, 2.24) is 0 Å². The molecular formula is C12H15ClN2O3. The molecule has 0 amide bonds. The smallest absolute Gasteiger partial charge is 0.271 e. The molecule has 0 bridgehead atoms. The van der Waals surface area contributed by atoms with Gasteiger partial charge in [0.05, 0.1) is 15.6 Å². The van der Waals surface area contributed by atoms with Crippen molar-refractivity contribution in [3.05, 3.63) is 33.3 Å². The van der Waals surface area contributed by atoms with Crippen molar-refractivity contribution in [2.45, 2.75) is 19.3 Å². The van der Waals surface area contributed by atoms with Crippen molar-refractivity contribution >= 4 is 23.0 Å². The Kier molecular flexibility index (Phi) is 3.73. The minimum atomic E-state index is -0.468. The van der Waals surface area contributed by atoms with Crippen LogP contribution in [0.15, 0.2) is 18.2 Å². The fourth-order valence-corrected chi connectivity index (χ4v) is 2.21. The van der Waals surface area contributed by atoms with E-state index in [2.05, 4.69) is 5.32 Å². The van der Waals surface area contributed by atoms with Gasteiger partial charge in [-0.3, -0.25) is 10.1 Å². The number of nitro groups is 1. The summed E-state index contributed by atoms with van der Waals surface area (Å²) in [5.41, 5.74) is 0.869. The van der Waals surface area contributed by atoms with Crippen molar-refractivity contribution in [3.8, 4) is 0 Å². The van der Waals surface area contributed by atoms with Crippen LogP contribution in [0, 0.1) is 15.5 Å². The molecule has 18 heavy (non-hydrogen) atoms. The number of hydrogen-bond donors (Lipinski definition) is 2. The second-order valence-corrected chi connectivity index (χ2v) is 5.16. The van der Waals surface area contributed by atoms with Gasteiger partial charge < -0.3 is 10.4 Å². The number of anilines is 1. The van der Waals surface area contributed by atoms with Gasteiger partial charge in [-0.2, -0.15) is 0 Å². The van der Waals surface area contributed by atoms with E-state index >= 15 is 0 Å². The molecule has 0 atom stereocenters. The minimum absolute atomic E-state index is 0.0120. The summed E-state index contributed by atoms with van der Waals surface area (Å²) in [4.78, 5) is 10.1. The SMILES string of the molecule is O=[N+]([O-])c1ccc(NCC2(CCO)CC2)c(Cl)c1. The Morgan fingerprint density at radius 1 is 1.50 bits per heavy atom. The van der Waals surface area contributed by atoms with Gasteiger partial charge in [0.1, 0.15) is 0 Å². The number of halogens is 1. The molecule has 1 aromatic carbocycles. The lowest BCUT2D eigenvalue weighted by Gasteiger charge is -2.16. The molecule has 0 aliphatic heterocycles. The zero-order valence-electron chi connectivity index (χ0n) is 9.86. The van der Waals surface area contributed by atoms with Crippen LogP contribution < -0.4 is 5.32 Å². The molecule has 5 nitrogen and oxygen atoms in total. The van der Waals surface area contributed by atoms with Crippen molar-refractivity contribution in [1.29, 1.82) is 0 Å². The van der Waals surface area contributed by atoms with Crippen LogP contribution in [0.2, 0.25) is 5.02 Å². The Balaban J connectivity index is 2.00. The molecule has 6 heteroatoms. The maximum Gasteiger partial charge on any atom is 0.271 e. The van der Waals surface area contributed by atoms with Crippen LogP contribution in [0.25, 0.3) is 0 Å². The zero-order chi connectivity index (χ0) is 13.2. The number of aliphatic hydroxyl groups excluding tert-OH is 1. The molecule has 2 rings (SSSR count). The molecule has 0 heterocycles. The zero-order valence-corrected chi connectivity index (χ0v) is 10.6. The van der Waals surface area contributed by atoms with Crippen LogP contribution in [0.5, 0.6) is 0 Å². The van der Waals surface area contributed by atoms with Gasteiger partial charge in [0.15, 0.2) is 0 Å². The van der Waals surface area contributed by atoms with Crippen LogP contribution in [-0.2, 0) is 0 Å². The molecule has 2 N–H and O–H groups in total. The molecule has 1 aromatic rings. The number of nitrogens with one attached hydrogen (secondary N) is 1. The molecule has 1 fully saturated rings. The van der Waals surface area contributed by atoms with Gasteiger partial charge in [0.2, 0.25) is 0 Å². The monoisotopic (exact) mass is 270 g/mol. The van der Waals surface area contributed by atoms with E-state index in [1.54, 1.807) is 6.07 Å². The van der Waals surface area contributed by atoms with Gasteiger partial charge in [-0.25, -0.2) is 0 Å². The number of nitro benzene ring substituents is 1. The summed E-state index contributed by atoms with van der Waals surface area (Å²) in [6.45, 7) is 0.931. The van der Waals surface area contributed by atoms with Crippen LogP contribution >= 0.6 is 11.6 Å². The third-order valence-electron chi connectivity index (χ3n) is 3.42. The Labute approximate surface area is 110 Å². The summed E-state index contributed by atoms with van der Waals surface area (Å²) < 4.78 is 0. The van der Waals surface area contributed by atoms with E-state index in [-0.39, 0.29) is 17.7 Å². The summed E-state index contributed by atoms with van der Waals surface area (Å²) >= 11 is 5.98. The molecule has 1 aliphatic carbocycles. The van der Waals surface area contributed by atoms with Crippen LogP contribution in [0.1, 0.15) is 19.3 Å². The average molecular weight is 271 g/mol. The summed E-state index contributed by atoms with van der Waals surface area (Å²) in [6.07, 6.45) is 2.99. The summed E-state index contributed by atoms with van der Waals surface area (Å²) in [6, 6.07) is 4.39. The number of rotatable bonds is 6. The first kappa shape index (κ1) is 13.1. The van der Waals surface area contributed by atoms with Gasteiger partial charge in [-0.1, -0.05) is 11.6 Å². The lowest BCUT2D eigenvalue weighted by Crippen LogP contribution is -2.16. The lowest BCUT2D eigenvalue weighted by atomic mass is 10.0. The van der Waals surface area contributed by atoms with Crippen molar-refractivity contribution < 1.29 is 10.0 Å². The minimum Gasteiger partial charge on any atom is -0.396 e. The number of aliphatic hydroxyl groups is 1. The average Bonchev–Trinajstić information content (AvgIpc) is 3.08. The fourth-order valence-electron chi connectivity index (χ4n) is 1.97. The summed E-state index contributed by atoms with van der Waals surface area (Å²) in [5, 5.41) is 23.1. The molecule has 0 unspecified atom stereocenters. The third kappa shape index (κ3) is 2.91. The predicted molar refractivity (Wildman–Crippen MR) is 70.0 cm³/mol. The van der Waals surface area contributed by atoms with Crippen LogP contribution in [0.3, 0.4) is 0 Å². The summed E-state index contributed by atoms with van der Waals surface area (Å²) in [7, 11) is 0. The number of hydrogen-bond acceptors (Lipinski definition) is 4. The molecule has 1 saturated carbocycles. The Morgan fingerprint density at radius 2 is 2.22 bits per heavy atom. The van der Waals surface area contributed by atoms with E-state index in [0.29, 0.717) is 10.7 Å². The Hall–Kier alpha value is -1.33. The highest BCUT2D eigenvalue weighted by Gasteiger charge is 2.41. The van der Waals surface area contributed by atoms with Gasteiger partial charge in [-0.05, 0) is 30.7 Å². The molecule has 98 valence electrons. The van der Waals surface area contributed by atoms with Crippen LogP contribution in [-0.4, -0.2) is 23.2 Å². The van der Waals surface area contributed by atoms with Gasteiger partial charge in [-0.15, -0.1) is 0 Å². The lowest BCUT2D eigenvalue weighted by molar-refractivity contribution is -0.384. The number of non-ortho nitro benzene ring substituents is 1. The van der Waals surface area contributed by atoms with E-state index in [1.807, 2.05) is 0 Å². The van der Waals surface area contributed by atoms with Crippen molar-refractivity contribution in [2.24, 2.45) is 5.41 Å². The number of benzene rings is 1. The van der Waals surface area contributed by atoms with E-state index in [1.165, 1.54) is 12.1 Å². The molecule has 0 spiro atoms. The van der Waals surface area contributed by atoms with E-state index < -0.39 is 4.92 Å². The second kappa shape index (κ2) is 5.12. The van der Waals surface area contributed by atoms with Gasteiger partial charge in [0, 0.05) is 25.3 Å². The maximum absolute atomic E-state index is 10.6. The van der Waals surface area contributed by atoms with Crippen molar-refractivity contribution in [2.75, 3.05) is 18.5 Å². The second-order valence-electron chi connectivity index (χ2n) is 4.75. The summed E-state index contributed by atoms with van der Waals surface area (Å²) in [5.74, 6) is 0.